The van der Waals surface area contributed by atoms with Crippen LogP contribution in [0.3, 0.4) is 0 Å². The summed E-state index contributed by atoms with van der Waals surface area (Å²) >= 11 is 0. The van der Waals surface area contributed by atoms with Gasteiger partial charge in [0.2, 0.25) is 0 Å². The Morgan fingerprint density at radius 1 is 1.45 bits per heavy atom. The van der Waals surface area contributed by atoms with E-state index in [0.717, 1.165) is 19.3 Å². The number of nitrogens with zero attached hydrogens (tertiary/aromatic N) is 1. The van der Waals surface area contributed by atoms with Gasteiger partial charge in [-0.05, 0) is 51.3 Å². The monoisotopic (exact) mass is 272 g/mol. The Morgan fingerprint density at radius 3 is 2.95 bits per heavy atom. The number of nitrogens with one attached hydrogen (secondary N) is 1. The van der Waals surface area contributed by atoms with E-state index in [1.807, 2.05) is 26.0 Å². The van der Waals surface area contributed by atoms with E-state index in [0.29, 0.717) is 11.3 Å². The molecule has 2 atom stereocenters. The summed E-state index contributed by atoms with van der Waals surface area (Å²) in [5, 5.41) is 12.0. The second-order valence-electron chi connectivity index (χ2n) is 5.44. The number of ether oxygens (including phenoxy) is 1. The first-order chi connectivity index (χ1) is 9.60. The minimum Gasteiger partial charge on any atom is -0.491 e. The van der Waals surface area contributed by atoms with E-state index < -0.39 is 0 Å². The number of benzene rings is 1. The zero-order chi connectivity index (χ0) is 14.5. The molecule has 1 amide bonds. The first-order valence-corrected chi connectivity index (χ1v) is 7.07. The van der Waals surface area contributed by atoms with Gasteiger partial charge in [-0.2, -0.15) is 5.26 Å². The summed E-state index contributed by atoms with van der Waals surface area (Å²) in [5.41, 5.74) is 0.576. The molecule has 106 valence electrons. The van der Waals surface area contributed by atoms with Crippen molar-refractivity contribution in [1.82, 2.24) is 5.32 Å². The number of hydrogen-bond acceptors (Lipinski definition) is 3. The Morgan fingerprint density at radius 2 is 2.25 bits per heavy atom. The van der Waals surface area contributed by atoms with Crippen molar-refractivity contribution in [2.75, 3.05) is 0 Å². The van der Waals surface area contributed by atoms with Crippen LogP contribution in [0.1, 0.15) is 43.5 Å². The molecule has 1 fully saturated rings. The lowest BCUT2D eigenvalue weighted by Crippen LogP contribution is -2.36. The smallest absolute Gasteiger partial charge is 0.251 e. The maximum atomic E-state index is 12.2. The average molecular weight is 272 g/mol. The molecule has 1 saturated carbocycles. The Labute approximate surface area is 119 Å². The van der Waals surface area contributed by atoms with E-state index in [4.69, 9.17) is 10.00 Å². The summed E-state index contributed by atoms with van der Waals surface area (Å²) in [6, 6.07) is 9.39. The fraction of sp³-hybridized carbons (Fsp3) is 0.500. The van der Waals surface area contributed by atoms with Gasteiger partial charge in [0.15, 0.2) is 0 Å². The van der Waals surface area contributed by atoms with Crippen LogP contribution in [0.2, 0.25) is 0 Å². The van der Waals surface area contributed by atoms with Crippen LogP contribution in [0.5, 0.6) is 5.75 Å². The maximum Gasteiger partial charge on any atom is 0.251 e. The fourth-order valence-electron chi connectivity index (χ4n) is 2.52. The van der Waals surface area contributed by atoms with Gasteiger partial charge in [-0.3, -0.25) is 4.79 Å². The number of carbonyl (C=O) groups excluding carboxylic acids is 1. The van der Waals surface area contributed by atoms with E-state index in [1.165, 1.54) is 0 Å². The molecule has 0 radical (unpaired) electrons. The van der Waals surface area contributed by atoms with Crippen LogP contribution in [-0.4, -0.2) is 18.1 Å². The van der Waals surface area contributed by atoms with Gasteiger partial charge >= 0.3 is 0 Å². The zero-order valence-electron chi connectivity index (χ0n) is 11.9. The van der Waals surface area contributed by atoms with Gasteiger partial charge in [0.25, 0.3) is 5.91 Å². The first kappa shape index (κ1) is 14.4. The minimum absolute atomic E-state index is 0.0258. The molecule has 1 aliphatic carbocycles. The van der Waals surface area contributed by atoms with E-state index in [-0.39, 0.29) is 24.0 Å². The molecule has 0 aliphatic heterocycles. The number of hydrogen-bond donors (Lipinski definition) is 1. The summed E-state index contributed by atoms with van der Waals surface area (Å²) in [4.78, 5) is 12.2. The van der Waals surface area contributed by atoms with Crippen LogP contribution in [0.15, 0.2) is 24.3 Å². The fourth-order valence-corrected chi connectivity index (χ4v) is 2.52. The topological polar surface area (TPSA) is 62.1 Å². The van der Waals surface area contributed by atoms with Crippen LogP contribution in [0.4, 0.5) is 0 Å². The predicted molar refractivity (Wildman–Crippen MR) is 76.4 cm³/mol. The average Bonchev–Trinajstić information content (AvgIpc) is 2.85. The lowest BCUT2D eigenvalue weighted by Gasteiger charge is -2.16. The van der Waals surface area contributed by atoms with Crippen LogP contribution in [0.25, 0.3) is 0 Å². The van der Waals surface area contributed by atoms with E-state index in [9.17, 15) is 4.79 Å². The SMILES string of the molecule is CC(C)Oc1cccc(C(=O)NC2CCCC2C#N)c1. The van der Waals surface area contributed by atoms with Crippen molar-refractivity contribution in [1.29, 1.82) is 5.26 Å². The number of rotatable bonds is 4. The highest BCUT2D eigenvalue weighted by molar-refractivity contribution is 5.94. The van der Waals surface area contributed by atoms with Crippen LogP contribution in [0, 0.1) is 17.2 Å². The molecule has 0 aromatic heterocycles. The van der Waals surface area contributed by atoms with Crippen molar-refractivity contribution < 1.29 is 9.53 Å². The first-order valence-electron chi connectivity index (χ1n) is 7.07. The number of carbonyl (C=O) groups is 1. The van der Waals surface area contributed by atoms with Crippen molar-refractivity contribution in [3.63, 3.8) is 0 Å². The molecule has 4 heteroatoms. The molecular weight excluding hydrogens is 252 g/mol. The van der Waals surface area contributed by atoms with Gasteiger partial charge in [0.1, 0.15) is 5.75 Å². The van der Waals surface area contributed by atoms with Crippen molar-refractivity contribution in [2.45, 2.75) is 45.3 Å². The Hall–Kier alpha value is -2.02. The molecular formula is C16H20N2O2. The van der Waals surface area contributed by atoms with Crippen molar-refractivity contribution >= 4 is 5.91 Å². The van der Waals surface area contributed by atoms with Crippen molar-refractivity contribution in [3.8, 4) is 11.8 Å². The Balaban J connectivity index is 2.04. The minimum atomic E-state index is -0.133. The molecule has 0 bridgehead atoms. The highest BCUT2D eigenvalue weighted by Gasteiger charge is 2.28. The molecule has 2 rings (SSSR count). The lowest BCUT2D eigenvalue weighted by atomic mass is 10.1. The van der Waals surface area contributed by atoms with Crippen LogP contribution in [-0.2, 0) is 0 Å². The van der Waals surface area contributed by atoms with Gasteiger partial charge in [-0.25, -0.2) is 0 Å². The van der Waals surface area contributed by atoms with Crippen LogP contribution >= 0.6 is 0 Å². The quantitative estimate of drug-likeness (QED) is 0.916. The molecule has 20 heavy (non-hydrogen) atoms. The third-order valence-corrected chi connectivity index (χ3v) is 3.47. The third-order valence-electron chi connectivity index (χ3n) is 3.47. The number of amides is 1. The molecule has 1 aromatic rings. The lowest BCUT2D eigenvalue weighted by molar-refractivity contribution is 0.0932. The summed E-state index contributed by atoms with van der Waals surface area (Å²) in [6.07, 6.45) is 2.83. The summed E-state index contributed by atoms with van der Waals surface area (Å²) in [5.74, 6) is 0.497. The van der Waals surface area contributed by atoms with Crippen LogP contribution < -0.4 is 10.1 Å². The van der Waals surface area contributed by atoms with Gasteiger partial charge in [0, 0.05) is 11.6 Å². The van der Waals surface area contributed by atoms with Gasteiger partial charge < -0.3 is 10.1 Å². The van der Waals surface area contributed by atoms with Gasteiger partial charge in [-0.1, -0.05) is 6.07 Å². The van der Waals surface area contributed by atoms with Crippen molar-refractivity contribution in [2.24, 2.45) is 5.92 Å². The second-order valence-corrected chi connectivity index (χ2v) is 5.44. The maximum absolute atomic E-state index is 12.2. The third kappa shape index (κ3) is 3.51. The summed E-state index contributed by atoms with van der Waals surface area (Å²) in [7, 11) is 0. The van der Waals surface area contributed by atoms with E-state index in [2.05, 4.69) is 11.4 Å². The predicted octanol–water partition coefficient (Wildman–Crippen LogP) is 2.90. The van der Waals surface area contributed by atoms with Gasteiger partial charge in [0.05, 0.1) is 18.1 Å². The van der Waals surface area contributed by atoms with Crippen molar-refractivity contribution in [3.05, 3.63) is 29.8 Å². The Bertz CT molecular complexity index is 519. The summed E-state index contributed by atoms with van der Waals surface area (Å²) in [6.45, 7) is 3.89. The summed E-state index contributed by atoms with van der Waals surface area (Å²) < 4.78 is 5.58. The van der Waals surface area contributed by atoms with E-state index >= 15 is 0 Å². The molecule has 2 unspecified atom stereocenters. The normalized spacial score (nSPS) is 21.5. The second kappa shape index (κ2) is 6.42. The molecule has 1 N–H and O–H groups in total. The molecule has 0 spiro atoms. The number of nitriles is 1. The van der Waals surface area contributed by atoms with Gasteiger partial charge in [-0.15, -0.1) is 0 Å². The molecule has 1 aromatic carbocycles. The highest BCUT2D eigenvalue weighted by Crippen LogP contribution is 2.25. The largest absolute Gasteiger partial charge is 0.491 e. The molecule has 0 heterocycles. The molecule has 1 aliphatic rings. The van der Waals surface area contributed by atoms with E-state index in [1.54, 1.807) is 12.1 Å². The molecule has 0 saturated heterocycles. The Kier molecular flexibility index (Phi) is 4.62. The zero-order valence-corrected chi connectivity index (χ0v) is 11.9. The molecule has 4 nitrogen and oxygen atoms in total. The highest BCUT2D eigenvalue weighted by atomic mass is 16.5. The standard InChI is InChI=1S/C16H20N2O2/c1-11(2)20-14-7-3-5-12(9-14)16(19)18-15-8-4-6-13(15)10-17/h3,5,7,9,11,13,15H,4,6,8H2,1-2H3,(H,18,19).